The number of nitrogens with one attached hydrogen (secondary N) is 1. The van der Waals surface area contributed by atoms with Gasteiger partial charge in [-0.2, -0.15) is 13.2 Å². The van der Waals surface area contributed by atoms with Crippen molar-refractivity contribution in [1.82, 2.24) is 4.98 Å². The SMILES string of the molecule is Cc1c(NC(=O)c2csc(CCN)n2)cccc1C(F)(F)F. The number of amides is 1. The molecule has 2 rings (SSSR count). The number of carbonyl (C=O) groups is 1. The van der Waals surface area contributed by atoms with Crippen LogP contribution in [0.15, 0.2) is 23.6 Å². The molecule has 0 saturated heterocycles. The van der Waals surface area contributed by atoms with Crippen molar-refractivity contribution in [3.63, 3.8) is 0 Å². The van der Waals surface area contributed by atoms with Crippen LogP contribution in [-0.2, 0) is 12.6 Å². The van der Waals surface area contributed by atoms with Crippen molar-refractivity contribution < 1.29 is 18.0 Å². The summed E-state index contributed by atoms with van der Waals surface area (Å²) in [5.41, 5.74) is 4.90. The smallest absolute Gasteiger partial charge is 0.330 e. The van der Waals surface area contributed by atoms with Crippen LogP contribution in [0.2, 0.25) is 0 Å². The fourth-order valence-electron chi connectivity index (χ4n) is 1.92. The molecule has 118 valence electrons. The van der Waals surface area contributed by atoms with Crippen LogP contribution in [0, 0.1) is 6.92 Å². The molecule has 3 N–H and O–H groups in total. The molecule has 0 saturated carbocycles. The first-order valence-electron chi connectivity index (χ1n) is 6.45. The first-order chi connectivity index (χ1) is 10.3. The molecule has 2 aromatic rings. The predicted molar refractivity (Wildman–Crippen MR) is 79.0 cm³/mol. The van der Waals surface area contributed by atoms with Crippen LogP contribution in [0.5, 0.6) is 0 Å². The molecule has 1 aromatic carbocycles. The van der Waals surface area contributed by atoms with E-state index in [0.717, 1.165) is 6.07 Å². The van der Waals surface area contributed by atoms with Gasteiger partial charge in [0, 0.05) is 17.5 Å². The van der Waals surface area contributed by atoms with Crippen molar-refractivity contribution in [3.05, 3.63) is 45.4 Å². The van der Waals surface area contributed by atoms with Crippen molar-refractivity contribution in [2.45, 2.75) is 19.5 Å². The number of benzene rings is 1. The number of carbonyl (C=O) groups excluding carboxylic acids is 1. The van der Waals surface area contributed by atoms with Gasteiger partial charge in [0.25, 0.3) is 5.91 Å². The normalized spacial score (nSPS) is 11.5. The molecule has 1 heterocycles. The fourth-order valence-corrected chi connectivity index (χ4v) is 2.71. The van der Waals surface area contributed by atoms with Gasteiger partial charge in [0.05, 0.1) is 10.6 Å². The third kappa shape index (κ3) is 3.63. The van der Waals surface area contributed by atoms with Gasteiger partial charge in [-0.05, 0) is 31.2 Å². The molecule has 0 radical (unpaired) electrons. The first-order valence-corrected chi connectivity index (χ1v) is 7.33. The van der Waals surface area contributed by atoms with E-state index in [0.29, 0.717) is 18.0 Å². The Morgan fingerprint density at radius 1 is 1.41 bits per heavy atom. The van der Waals surface area contributed by atoms with Crippen molar-refractivity contribution in [2.24, 2.45) is 5.73 Å². The quantitative estimate of drug-likeness (QED) is 0.905. The Morgan fingerprint density at radius 2 is 2.14 bits per heavy atom. The molecule has 0 atom stereocenters. The molecular formula is C14H14F3N3OS. The van der Waals surface area contributed by atoms with Crippen LogP contribution in [0.1, 0.15) is 26.6 Å². The minimum Gasteiger partial charge on any atom is -0.330 e. The van der Waals surface area contributed by atoms with Crippen molar-refractivity contribution in [2.75, 3.05) is 11.9 Å². The summed E-state index contributed by atoms with van der Waals surface area (Å²) < 4.78 is 38.5. The van der Waals surface area contributed by atoms with E-state index in [1.54, 1.807) is 5.38 Å². The van der Waals surface area contributed by atoms with E-state index in [9.17, 15) is 18.0 Å². The lowest BCUT2D eigenvalue weighted by molar-refractivity contribution is -0.138. The lowest BCUT2D eigenvalue weighted by Crippen LogP contribution is -2.16. The van der Waals surface area contributed by atoms with Gasteiger partial charge >= 0.3 is 6.18 Å². The van der Waals surface area contributed by atoms with E-state index in [1.807, 2.05) is 0 Å². The number of aromatic nitrogens is 1. The fraction of sp³-hybridized carbons (Fsp3) is 0.286. The standard InChI is InChI=1S/C14H14F3N3OS/c1-8-9(14(15,16)17)3-2-4-10(8)20-13(21)11-7-22-12(19-11)5-6-18/h2-4,7H,5-6,18H2,1H3,(H,20,21). The van der Waals surface area contributed by atoms with Gasteiger partial charge in [-0.3, -0.25) is 4.79 Å². The second-order valence-corrected chi connectivity index (χ2v) is 5.54. The minimum atomic E-state index is -4.46. The minimum absolute atomic E-state index is 0.0271. The van der Waals surface area contributed by atoms with E-state index in [2.05, 4.69) is 10.3 Å². The van der Waals surface area contributed by atoms with Crippen LogP contribution < -0.4 is 11.1 Å². The van der Waals surface area contributed by atoms with Crippen LogP contribution in [0.3, 0.4) is 0 Å². The molecule has 8 heteroatoms. The zero-order chi connectivity index (χ0) is 16.3. The molecule has 0 aliphatic rings. The highest BCUT2D eigenvalue weighted by molar-refractivity contribution is 7.09. The van der Waals surface area contributed by atoms with E-state index in [1.165, 1.54) is 30.4 Å². The summed E-state index contributed by atoms with van der Waals surface area (Å²) in [4.78, 5) is 16.2. The molecule has 0 bridgehead atoms. The largest absolute Gasteiger partial charge is 0.416 e. The van der Waals surface area contributed by atoms with Crippen molar-refractivity contribution in [3.8, 4) is 0 Å². The second kappa shape index (κ2) is 6.45. The lowest BCUT2D eigenvalue weighted by Gasteiger charge is -2.14. The Bertz CT molecular complexity index is 682. The number of anilines is 1. The molecule has 0 aliphatic carbocycles. The van der Waals surface area contributed by atoms with Gasteiger partial charge in [-0.1, -0.05) is 6.07 Å². The van der Waals surface area contributed by atoms with Gasteiger partial charge in [0.2, 0.25) is 0 Å². The average Bonchev–Trinajstić information content (AvgIpc) is 2.89. The number of halogens is 3. The summed E-state index contributed by atoms with van der Waals surface area (Å²) in [5.74, 6) is -0.540. The third-order valence-electron chi connectivity index (χ3n) is 3.03. The number of hydrogen-bond acceptors (Lipinski definition) is 4. The van der Waals surface area contributed by atoms with Gasteiger partial charge in [0.1, 0.15) is 5.69 Å². The molecule has 22 heavy (non-hydrogen) atoms. The topological polar surface area (TPSA) is 68.0 Å². The average molecular weight is 329 g/mol. The maximum atomic E-state index is 12.8. The first kappa shape index (κ1) is 16.4. The lowest BCUT2D eigenvalue weighted by atomic mass is 10.1. The molecule has 0 unspecified atom stereocenters. The molecule has 0 fully saturated rings. The third-order valence-corrected chi connectivity index (χ3v) is 3.94. The predicted octanol–water partition coefficient (Wildman–Crippen LogP) is 3.22. The van der Waals surface area contributed by atoms with Crippen molar-refractivity contribution >= 4 is 22.9 Å². The molecule has 1 aromatic heterocycles. The Labute approximate surface area is 129 Å². The summed E-state index contributed by atoms with van der Waals surface area (Å²) in [6.45, 7) is 1.74. The highest BCUT2D eigenvalue weighted by Crippen LogP contribution is 2.34. The molecular weight excluding hydrogens is 315 g/mol. The monoisotopic (exact) mass is 329 g/mol. The van der Waals surface area contributed by atoms with Gasteiger partial charge < -0.3 is 11.1 Å². The Balaban J connectivity index is 2.21. The number of rotatable bonds is 4. The summed E-state index contributed by atoms with van der Waals surface area (Å²) >= 11 is 1.29. The van der Waals surface area contributed by atoms with Crippen LogP contribution >= 0.6 is 11.3 Å². The number of nitrogens with two attached hydrogens (primary N) is 1. The Kier molecular flexibility index (Phi) is 4.82. The van der Waals surface area contributed by atoms with Gasteiger partial charge in [-0.15, -0.1) is 11.3 Å². The molecule has 1 amide bonds. The van der Waals surface area contributed by atoms with E-state index < -0.39 is 17.6 Å². The second-order valence-electron chi connectivity index (χ2n) is 4.60. The number of alkyl halides is 3. The summed E-state index contributed by atoms with van der Waals surface area (Å²) in [7, 11) is 0. The zero-order valence-corrected chi connectivity index (χ0v) is 12.5. The Morgan fingerprint density at radius 3 is 2.77 bits per heavy atom. The zero-order valence-electron chi connectivity index (χ0n) is 11.7. The summed E-state index contributed by atoms with van der Waals surface area (Å²) in [6, 6.07) is 3.66. The van der Waals surface area contributed by atoms with Crippen molar-refractivity contribution in [1.29, 1.82) is 0 Å². The maximum Gasteiger partial charge on any atom is 0.416 e. The van der Waals surface area contributed by atoms with Crippen LogP contribution in [0.25, 0.3) is 0 Å². The van der Waals surface area contributed by atoms with Gasteiger partial charge in [-0.25, -0.2) is 4.98 Å². The molecule has 4 nitrogen and oxygen atoms in total. The van der Waals surface area contributed by atoms with Gasteiger partial charge in [0.15, 0.2) is 0 Å². The number of thiazole rings is 1. The number of nitrogens with zero attached hydrogens (tertiary/aromatic N) is 1. The highest BCUT2D eigenvalue weighted by atomic mass is 32.1. The van der Waals surface area contributed by atoms with E-state index in [4.69, 9.17) is 5.73 Å². The molecule has 0 aliphatic heterocycles. The Hall–Kier alpha value is -1.93. The van der Waals surface area contributed by atoms with E-state index in [-0.39, 0.29) is 16.9 Å². The van der Waals surface area contributed by atoms with Crippen LogP contribution in [-0.4, -0.2) is 17.4 Å². The van der Waals surface area contributed by atoms with Crippen LogP contribution in [0.4, 0.5) is 18.9 Å². The summed E-state index contributed by atoms with van der Waals surface area (Å²) in [6.07, 6.45) is -3.90. The number of hydrogen-bond donors (Lipinski definition) is 2. The molecule has 0 spiro atoms. The van der Waals surface area contributed by atoms with E-state index >= 15 is 0 Å². The highest BCUT2D eigenvalue weighted by Gasteiger charge is 2.33. The summed E-state index contributed by atoms with van der Waals surface area (Å²) in [5, 5.41) is 4.74. The maximum absolute atomic E-state index is 12.8.